The smallest absolute Gasteiger partial charge is 0.223 e. The highest BCUT2D eigenvalue weighted by atomic mass is 16.3. The molecule has 2 rings (SSSR count). The highest BCUT2D eigenvalue weighted by Crippen LogP contribution is 2.26. The fourth-order valence-corrected chi connectivity index (χ4v) is 4.12. The number of Topliss-reactive ketones (excluding diaryl/α,β-unsaturated/α-hetero) is 2. The van der Waals surface area contributed by atoms with Gasteiger partial charge in [-0.25, -0.2) is 0 Å². The third-order valence-electron chi connectivity index (χ3n) is 6.57. The van der Waals surface area contributed by atoms with Gasteiger partial charge in [0.25, 0.3) is 0 Å². The van der Waals surface area contributed by atoms with E-state index >= 15 is 0 Å². The van der Waals surface area contributed by atoms with Crippen LogP contribution in [0.25, 0.3) is 0 Å². The lowest BCUT2D eigenvalue weighted by Crippen LogP contribution is -2.33. The Balaban J connectivity index is 1.78. The first-order valence-corrected chi connectivity index (χ1v) is 13.4. The highest BCUT2D eigenvalue weighted by Gasteiger charge is 2.21. The lowest BCUT2D eigenvalue weighted by molar-refractivity contribution is -0.130. The van der Waals surface area contributed by atoms with Gasteiger partial charge in [-0.2, -0.15) is 0 Å². The molecule has 0 saturated carbocycles. The lowest BCUT2D eigenvalue weighted by atomic mass is 9.93. The molecule has 2 aromatic carbocycles. The number of carbonyl (C=O) groups excluding carboxylic acids is 4. The summed E-state index contributed by atoms with van der Waals surface area (Å²) in [5.41, 5.74) is 2.38. The molecule has 0 aliphatic carbocycles. The van der Waals surface area contributed by atoms with Gasteiger partial charge in [0.15, 0.2) is 11.5 Å². The van der Waals surface area contributed by atoms with E-state index < -0.39 is 5.92 Å². The minimum atomic E-state index is -0.539. The number of phenols is 3. The zero-order valence-corrected chi connectivity index (χ0v) is 22.8. The first-order chi connectivity index (χ1) is 18.5. The standard InChI is InChI=1S/C30H40N2O7/c1-20-6-7-22(17-27(20)36)10-13-29(38)31-15-4-3-5-24(30(39)32-16-14-21(2)33)19-25(34)11-8-23-9-12-26(35)28(37)18-23/h6-7,9,12,17-18,24,35-37H,3-5,8,10-11,13-16,19H2,1-2H3,(H,31,38)(H,32,39). The molecule has 0 bridgehead atoms. The molecule has 9 nitrogen and oxygen atoms in total. The summed E-state index contributed by atoms with van der Waals surface area (Å²) >= 11 is 0. The maximum Gasteiger partial charge on any atom is 0.223 e. The van der Waals surface area contributed by atoms with E-state index in [1.807, 2.05) is 19.1 Å². The first kappa shape index (κ1) is 31.3. The lowest BCUT2D eigenvalue weighted by Gasteiger charge is -2.16. The van der Waals surface area contributed by atoms with Gasteiger partial charge in [-0.1, -0.05) is 24.6 Å². The van der Waals surface area contributed by atoms with Crippen LogP contribution in [0, 0.1) is 12.8 Å². The normalized spacial score (nSPS) is 11.5. The van der Waals surface area contributed by atoms with Crippen LogP contribution in [0.3, 0.4) is 0 Å². The molecule has 0 spiro atoms. The number of hydrogen-bond donors (Lipinski definition) is 5. The van der Waals surface area contributed by atoms with Crippen molar-refractivity contribution in [3.05, 3.63) is 53.1 Å². The number of phenolic OH excluding ortho intramolecular Hbond substituents is 3. The Morgan fingerprint density at radius 3 is 2.10 bits per heavy atom. The van der Waals surface area contributed by atoms with Crippen molar-refractivity contribution in [1.29, 1.82) is 0 Å². The maximum atomic E-state index is 12.7. The van der Waals surface area contributed by atoms with Crippen LogP contribution in [-0.4, -0.2) is 51.8 Å². The Kier molecular flexibility index (Phi) is 13.0. The summed E-state index contributed by atoms with van der Waals surface area (Å²) in [5, 5.41) is 34.5. The van der Waals surface area contributed by atoms with Crippen LogP contribution < -0.4 is 10.6 Å². The zero-order valence-electron chi connectivity index (χ0n) is 22.8. The molecule has 0 radical (unpaired) electrons. The van der Waals surface area contributed by atoms with E-state index in [9.17, 15) is 34.5 Å². The monoisotopic (exact) mass is 540 g/mol. The molecule has 1 unspecified atom stereocenters. The summed E-state index contributed by atoms with van der Waals surface area (Å²) in [4.78, 5) is 48.8. The molecule has 5 N–H and O–H groups in total. The Bertz CT molecular complexity index is 1150. The highest BCUT2D eigenvalue weighted by molar-refractivity contribution is 5.87. The third kappa shape index (κ3) is 12.0. The van der Waals surface area contributed by atoms with Crippen LogP contribution in [0.15, 0.2) is 36.4 Å². The fourth-order valence-electron chi connectivity index (χ4n) is 4.12. The number of hydrogen-bond acceptors (Lipinski definition) is 7. The van der Waals surface area contributed by atoms with Crippen molar-refractivity contribution in [1.82, 2.24) is 10.6 Å². The number of aromatic hydroxyl groups is 3. The van der Waals surface area contributed by atoms with Crippen LogP contribution in [0.2, 0.25) is 0 Å². The van der Waals surface area contributed by atoms with Gasteiger partial charge in [0, 0.05) is 44.7 Å². The Labute approximate surface area is 229 Å². The number of benzene rings is 2. The van der Waals surface area contributed by atoms with E-state index in [2.05, 4.69) is 10.6 Å². The molecule has 39 heavy (non-hydrogen) atoms. The summed E-state index contributed by atoms with van der Waals surface area (Å²) in [6, 6.07) is 9.78. The number of amides is 2. The van der Waals surface area contributed by atoms with Crippen molar-refractivity contribution in [3.8, 4) is 17.2 Å². The van der Waals surface area contributed by atoms with Crippen LogP contribution in [0.5, 0.6) is 17.2 Å². The molecule has 0 fully saturated rings. The molecule has 0 aliphatic rings. The van der Waals surface area contributed by atoms with Gasteiger partial charge < -0.3 is 26.0 Å². The number of ketones is 2. The van der Waals surface area contributed by atoms with Gasteiger partial charge in [-0.05, 0) is 74.4 Å². The molecule has 2 amide bonds. The topological polar surface area (TPSA) is 153 Å². The van der Waals surface area contributed by atoms with Gasteiger partial charge in [-0.3, -0.25) is 19.2 Å². The van der Waals surface area contributed by atoms with Crippen LogP contribution in [0.1, 0.15) is 68.6 Å². The predicted molar refractivity (Wildman–Crippen MR) is 148 cm³/mol. The Morgan fingerprint density at radius 1 is 0.769 bits per heavy atom. The summed E-state index contributed by atoms with van der Waals surface area (Å²) in [6.07, 6.45) is 3.43. The van der Waals surface area contributed by atoms with E-state index in [0.717, 1.165) is 11.1 Å². The summed E-state index contributed by atoms with van der Waals surface area (Å²) in [7, 11) is 0. The third-order valence-corrected chi connectivity index (χ3v) is 6.57. The minimum Gasteiger partial charge on any atom is -0.508 e. The van der Waals surface area contributed by atoms with Crippen LogP contribution in [0.4, 0.5) is 0 Å². The van der Waals surface area contributed by atoms with Gasteiger partial charge >= 0.3 is 0 Å². The van der Waals surface area contributed by atoms with Crippen LogP contribution >= 0.6 is 0 Å². The molecule has 0 saturated heterocycles. The van der Waals surface area contributed by atoms with E-state index in [1.54, 1.807) is 12.1 Å². The second-order valence-electron chi connectivity index (χ2n) is 9.97. The first-order valence-electron chi connectivity index (χ1n) is 13.4. The number of aryl methyl sites for hydroxylation is 3. The van der Waals surface area contributed by atoms with Crippen LogP contribution in [-0.2, 0) is 32.0 Å². The van der Waals surface area contributed by atoms with Crippen molar-refractivity contribution in [2.24, 2.45) is 5.92 Å². The van der Waals surface area contributed by atoms with Gasteiger partial charge in [0.2, 0.25) is 11.8 Å². The molecule has 0 heterocycles. The average Bonchev–Trinajstić information content (AvgIpc) is 2.88. The van der Waals surface area contributed by atoms with Gasteiger partial charge in [0.05, 0.1) is 0 Å². The van der Waals surface area contributed by atoms with Gasteiger partial charge in [-0.15, -0.1) is 0 Å². The molecule has 0 aliphatic heterocycles. The number of rotatable bonds is 17. The summed E-state index contributed by atoms with van der Waals surface area (Å²) in [5.74, 6) is -1.28. The Hall–Kier alpha value is -3.88. The average molecular weight is 541 g/mol. The Morgan fingerprint density at radius 2 is 1.44 bits per heavy atom. The molecule has 9 heteroatoms. The fraction of sp³-hybridized carbons (Fsp3) is 0.467. The predicted octanol–water partition coefficient (Wildman–Crippen LogP) is 3.63. The van der Waals surface area contributed by atoms with Crippen molar-refractivity contribution >= 4 is 23.4 Å². The summed E-state index contributed by atoms with van der Waals surface area (Å²) in [6.45, 7) is 3.94. The molecule has 2 aromatic rings. The molecule has 0 aromatic heterocycles. The van der Waals surface area contributed by atoms with Gasteiger partial charge in [0.1, 0.15) is 17.3 Å². The molecule has 212 valence electrons. The van der Waals surface area contributed by atoms with E-state index in [0.29, 0.717) is 50.6 Å². The van der Waals surface area contributed by atoms with E-state index in [-0.39, 0.29) is 66.4 Å². The quantitative estimate of drug-likeness (QED) is 0.152. The maximum absolute atomic E-state index is 12.7. The van der Waals surface area contributed by atoms with E-state index in [1.165, 1.54) is 19.1 Å². The number of carbonyl (C=O) groups is 4. The van der Waals surface area contributed by atoms with E-state index in [4.69, 9.17) is 0 Å². The molecular weight excluding hydrogens is 500 g/mol. The largest absolute Gasteiger partial charge is 0.508 e. The number of unbranched alkanes of at least 4 members (excludes halogenated alkanes) is 1. The second kappa shape index (κ2) is 16.2. The SMILES string of the molecule is CC(=O)CCNC(=O)C(CCCCNC(=O)CCc1ccc(C)c(O)c1)CC(=O)CCc1ccc(O)c(O)c1. The van der Waals surface area contributed by atoms with Crippen molar-refractivity contribution in [2.75, 3.05) is 13.1 Å². The minimum absolute atomic E-state index is 0.0324. The second-order valence-corrected chi connectivity index (χ2v) is 9.97. The van der Waals surface area contributed by atoms with Crippen molar-refractivity contribution in [2.45, 2.75) is 71.6 Å². The van der Waals surface area contributed by atoms with Crippen molar-refractivity contribution < 1.29 is 34.5 Å². The molecule has 1 atom stereocenters. The zero-order chi connectivity index (χ0) is 28.8. The molecular formula is C30H40N2O7. The summed E-state index contributed by atoms with van der Waals surface area (Å²) < 4.78 is 0. The number of nitrogens with one attached hydrogen (secondary N) is 2. The van der Waals surface area contributed by atoms with Crippen molar-refractivity contribution in [3.63, 3.8) is 0 Å².